The molecular formula is C14H23N5S. The van der Waals surface area contributed by atoms with E-state index < -0.39 is 0 Å². The highest BCUT2D eigenvalue weighted by atomic mass is 32.2. The van der Waals surface area contributed by atoms with Crippen molar-refractivity contribution in [2.75, 3.05) is 36.5 Å². The zero-order chi connectivity index (χ0) is 13.9. The molecule has 110 valence electrons. The van der Waals surface area contributed by atoms with Gasteiger partial charge in [0.25, 0.3) is 0 Å². The van der Waals surface area contributed by atoms with Crippen molar-refractivity contribution in [1.29, 1.82) is 0 Å². The minimum absolute atomic E-state index is 0.539. The lowest BCUT2D eigenvalue weighted by Gasteiger charge is -2.22. The molecule has 6 heteroatoms. The molecule has 0 aliphatic carbocycles. The third kappa shape index (κ3) is 2.86. The molecule has 0 amide bonds. The first kappa shape index (κ1) is 13.9. The van der Waals surface area contributed by atoms with Gasteiger partial charge in [-0.1, -0.05) is 11.8 Å². The Morgan fingerprint density at radius 2 is 2.15 bits per heavy atom. The van der Waals surface area contributed by atoms with Gasteiger partial charge < -0.3 is 10.6 Å². The number of hydrogen-bond acceptors (Lipinski definition) is 6. The minimum atomic E-state index is 0.539. The van der Waals surface area contributed by atoms with Crippen LogP contribution in [0.25, 0.3) is 0 Å². The molecule has 0 aromatic carbocycles. The van der Waals surface area contributed by atoms with Crippen LogP contribution in [0.15, 0.2) is 11.2 Å². The van der Waals surface area contributed by atoms with Crippen LogP contribution >= 0.6 is 11.8 Å². The Balaban J connectivity index is 1.74. The van der Waals surface area contributed by atoms with Crippen molar-refractivity contribution < 1.29 is 0 Å². The maximum absolute atomic E-state index is 4.59. The number of nitrogens with one attached hydrogen (secondary N) is 2. The van der Waals surface area contributed by atoms with Gasteiger partial charge in [-0.15, -0.1) is 0 Å². The molecule has 3 rings (SSSR count). The number of aromatic nitrogens is 2. The number of rotatable bonds is 5. The molecule has 2 N–H and O–H groups in total. The Kier molecular flexibility index (Phi) is 4.31. The van der Waals surface area contributed by atoms with Crippen molar-refractivity contribution in [3.63, 3.8) is 0 Å². The van der Waals surface area contributed by atoms with Gasteiger partial charge in [-0.3, -0.25) is 4.90 Å². The molecular weight excluding hydrogens is 270 g/mol. The molecule has 2 unspecified atom stereocenters. The molecule has 0 bridgehead atoms. The number of fused-ring (bicyclic) bond motifs is 1. The third-order valence-electron chi connectivity index (χ3n) is 4.19. The highest BCUT2D eigenvalue weighted by Gasteiger charge is 2.37. The van der Waals surface area contributed by atoms with Crippen molar-refractivity contribution >= 4 is 23.4 Å². The fourth-order valence-electron chi connectivity index (χ4n) is 3.30. The molecule has 3 heterocycles. The van der Waals surface area contributed by atoms with Crippen molar-refractivity contribution in [3.8, 4) is 0 Å². The van der Waals surface area contributed by atoms with Gasteiger partial charge >= 0.3 is 0 Å². The molecule has 20 heavy (non-hydrogen) atoms. The molecule has 2 atom stereocenters. The summed E-state index contributed by atoms with van der Waals surface area (Å²) in [4.78, 5) is 11.7. The molecule has 0 saturated carbocycles. The lowest BCUT2D eigenvalue weighted by molar-refractivity contribution is 0.318. The van der Waals surface area contributed by atoms with E-state index in [1.807, 2.05) is 12.3 Å². The summed E-state index contributed by atoms with van der Waals surface area (Å²) in [6, 6.07) is 3.27. The van der Waals surface area contributed by atoms with Crippen LogP contribution in [-0.2, 0) is 0 Å². The summed E-state index contributed by atoms with van der Waals surface area (Å²) in [6.45, 7) is 5.46. The topological polar surface area (TPSA) is 53.1 Å². The second kappa shape index (κ2) is 6.18. The number of nitrogens with zero attached hydrogens (tertiary/aromatic N) is 3. The van der Waals surface area contributed by atoms with E-state index in [-0.39, 0.29) is 0 Å². The average Bonchev–Trinajstić information content (AvgIpc) is 3.04. The maximum atomic E-state index is 4.59. The van der Waals surface area contributed by atoms with Crippen molar-refractivity contribution in [2.45, 2.75) is 43.4 Å². The van der Waals surface area contributed by atoms with Crippen LogP contribution in [0.1, 0.15) is 26.2 Å². The van der Waals surface area contributed by atoms with Crippen molar-refractivity contribution in [2.24, 2.45) is 0 Å². The molecule has 1 aromatic heterocycles. The zero-order valence-corrected chi connectivity index (χ0v) is 13.0. The van der Waals surface area contributed by atoms with Gasteiger partial charge in [-0.25, -0.2) is 9.97 Å². The van der Waals surface area contributed by atoms with Gasteiger partial charge in [0.1, 0.15) is 11.6 Å². The monoisotopic (exact) mass is 293 g/mol. The van der Waals surface area contributed by atoms with E-state index >= 15 is 0 Å². The summed E-state index contributed by atoms with van der Waals surface area (Å²) >= 11 is 1.59. The zero-order valence-electron chi connectivity index (χ0n) is 12.2. The molecule has 1 aromatic rings. The Bertz CT molecular complexity index is 467. The normalized spacial score (nSPS) is 25.7. The van der Waals surface area contributed by atoms with Crippen LogP contribution in [0, 0.1) is 0 Å². The van der Waals surface area contributed by atoms with Gasteiger partial charge in [0.15, 0.2) is 5.16 Å². The van der Waals surface area contributed by atoms with E-state index in [4.69, 9.17) is 0 Å². The third-order valence-corrected chi connectivity index (χ3v) is 4.73. The Morgan fingerprint density at radius 1 is 1.30 bits per heavy atom. The highest BCUT2D eigenvalue weighted by molar-refractivity contribution is 7.98. The average molecular weight is 293 g/mol. The Hall–Kier alpha value is -1.01. The smallest absolute Gasteiger partial charge is 0.191 e. The van der Waals surface area contributed by atoms with E-state index in [1.165, 1.54) is 32.4 Å². The predicted octanol–water partition coefficient (Wildman–Crippen LogP) is 2.28. The number of thioether (sulfide) groups is 1. The first-order chi connectivity index (χ1) is 9.80. The van der Waals surface area contributed by atoms with E-state index in [0.717, 1.165) is 23.3 Å². The summed E-state index contributed by atoms with van der Waals surface area (Å²) in [5, 5.41) is 7.74. The summed E-state index contributed by atoms with van der Waals surface area (Å²) in [5.41, 5.74) is 0. The predicted molar refractivity (Wildman–Crippen MR) is 84.6 cm³/mol. The summed E-state index contributed by atoms with van der Waals surface area (Å²) in [6.07, 6.45) is 5.90. The highest BCUT2D eigenvalue weighted by Crippen LogP contribution is 2.30. The van der Waals surface area contributed by atoms with Gasteiger partial charge in [-0.05, 0) is 39.0 Å². The fraction of sp³-hybridized carbons (Fsp3) is 0.714. The van der Waals surface area contributed by atoms with E-state index in [0.29, 0.717) is 12.1 Å². The first-order valence-corrected chi connectivity index (χ1v) is 8.70. The van der Waals surface area contributed by atoms with Crippen molar-refractivity contribution in [1.82, 2.24) is 14.9 Å². The molecule has 2 saturated heterocycles. The molecule has 0 radical (unpaired) electrons. The van der Waals surface area contributed by atoms with Crippen LogP contribution in [-0.4, -0.2) is 52.8 Å². The molecule has 5 nitrogen and oxygen atoms in total. The second-order valence-corrected chi connectivity index (χ2v) is 6.21. The van der Waals surface area contributed by atoms with Crippen LogP contribution in [0.2, 0.25) is 0 Å². The van der Waals surface area contributed by atoms with Gasteiger partial charge in [0, 0.05) is 31.2 Å². The standard InChI is InChI=1S/C14H23N5S/c1-3-15-12-9-13(18-14(17-12)20-2)16-10-6-8-19-7-4-5-11(10)19/h9-11H,3-8H2,1-2H3,(H2,15,16,17,18). The minimum Gasteiger partial charge on any atom is -0.370 e. The molecule has 2 fully saturated rings. The lowest BCUT2D eigenvalue weighted by Crippen LogP contribution is -2.34. The summed E-state index contributed by atoms with van der Waals surface area (Å²) in [5.74, 6) is 1.87. The summed E-state index contributed by atoms with van der Waals surface area (Å²) in [7, 11) is 0. The lowest BCUT2D eigenvalue weighted by atomic mass is 10.1. The van der Waals surface area contributed by atoms with Crippen molar-refractivity contribution in [3.05, 3.63) is 6.07 Å². The van der Waals surface area contributed by atoms with Crippen LogP contribution in [0.4, 0.5) is 11.6 Å². The Morgan fingerprint density at radius 3 is 2.95 bits per heavy atom. The van der Waals surface area contributed by atoms with Gasteiger partial charge in [-0.2, -0.15) is 0 Å². The fourth-order valence-corrected chi connectivity index (χ4v) is 3.68. The molecule has 2 aliphatic heterocycles. The SMILES string of the molecule is CCNc1cc(NC2CCN3CCCC23)nc(SC)n1. The van der Waals surface area contributed by atoms with E-state index in [2.05, 4.69) is 32.4 Å². The summed E-state index contributed by atoms with van der Waals surface area (Å²) < 4.78 is 0. The quantitative estimate of drug-likeness (QED) is 0.642. The molecule has 2 aliphatic rings. The van der Waals surface area contributed by atoms with Crippen LogP contribution in [0.5, 0.6) is 0 Å². The maximum Gasteiger partial charge on any atom is 0.191 e. The van der Waals surface area contributed by atoms with Crippen LogP contribution < -0.4 is 10.6 Å². The number of anilines is 2. The van der Waals surface area contributed by atoms with E-state index in [9.17, 15) is 0 Å². The second-order valence-electron chi connectivity index (χ2n) is 5.44. The first-order valence-electron chi connectivity index (χ1n) is 7.47. The van der Waals surface area contributed by atoms with Gasteiger partial charge in [0.05, 0.1) is 0 Å². The van der Waals surface area contributed by atoms with E-state index in [1.54, 1.807) is 11.8 Å². The van der Waals surface area contributed by atoms with Gasteiger partial charge in [0.2, 0.25) is 0 Å². The Labute approximate surface area is 124 Å². The molecule has 0 spiro atoms. The number of hydrogen-bond donors (Lipinski definition) is 2. The van der Waals surface area contributed by atoms with Crippen LogP contribution in [0.3, 0.4) is 0 Å². The largest absolute Gasteiger partial charge is 0.370 e.